The summed E-state index contributed by atoms with van der Waals surface area (Å²) in [5.74, 6) is 12.7. The summed E-state index contributed by atoms with van der Waals surface area (Å²) in [5, 5.41) is 0. The van der Waals surface area contributed by atoms with E-state index in [2.05, 4.69) is 35.8 Å². The Bertz CT molecular complexity index is 964. The summed E-state index contributed by atoms with van der Waals surface area (Å²) in [6.45, 7) is 0.642. The van der Waals surface area contributed by atoms with Gasteiger partial charge in [-0.25, -0.2) is 0 Å². The first-order chi connectivity index (χ1) is 12.3. The molecule has 0 saturated carbocycles. The molecular weight excluding hydrogens is 306 g/mol. The Hall–Kier alpha value is -3.23. The van der Waals surface area contributed by atoms with E-state index in [1.165, 1.54) is 0 Å². The molecular formula is C23H17NO. The topological polar surface area (TPSA) is 20.3 Å². The van der Waals surface area contributed by atoms with Gasteiger partial charge in [-0.15, -0.1) is 0 Å². The Kier molecular flexibility index (Phi) is 4.11. The lowest BCUT2D eigenvalue weighted by Gasteiger charge is -2.42. The van der Waals surface area contributed by atoms with Crippen molar-refractivity contribution in [1.82, 2.24) is 4.90 Å². The predicted octanol–water partition coefficient (Wildman–Crippen LogP) is 3.52. The number of hydrogen-bond donors (Lipinski definition) is 0. The molecule has 1 amide bonds. The Morgan fingerprint density at radius 2 is 1.68 bits per heavy atom. The van der Waals surface area contributed by atoms with Gasteiger partial charge in [-0.05, 0) is 30.2 Å². The zero-order valence-electron chi connectivity index (χ0n) is 13.8. The van der Waals surface area contributed by atoms with Crippen molar-refractivity contribution in [2.45, 2.75) is 25.4 Å². The Balaban J connectivity index is 1.61. The van der Waals surface area contributed by atoms with Crippen LogP contribution in [0.15, 0.2) is 66.2 Å². The minimum atomic E-state index is 0.0867. The predicted molar refractivity (Wildman–Crippen MR) is 98.3 cm³/mol. The molecule has 1 aliphatic heterocycles. The fourth-order valence-corrected chi connectivity index (χ4v) is 3.24. The van der Waals surface area contributed by atoms with Crippen LogP contribution in [0.1, 0.15) is 29.5 Å². The molecule has 2 aliphatic rings. The Labute approximate surface area is 148 Å². The van der Waals surface area contributed by atoms with Crippen LogP contribution in [0.25, 0.3) is 0 Å². The van der Waals surface area contributed by atoms with Crippen LogP contribution in [-0.4, -0.2) is 16.8 Å². The van der Waals surface area contributed by atoms with Crippen LogP contribution in [0.4, 0.5) is 0 Å². The zero-order chi connectivity index (χ0) is 17.1. The monoisotopic (exact) mass is 323 g/mol. The molecule has 0 aromatic heterocycles. The van der Waals surface area contributed by atoms with Crippen LogP contribution in [-0.2, 0) is 11.3 Å². The van der Waals surface area contributed by atoms with Gasteiger partial charge in [0.15, 0.2) is 0 Å². The summed E-state index contributed by atoms with van der Waals surface area (Å²) in [4.78, 5) is 14.5. The van der Waals surface area contributed by atoms with E-state index in [4.69, 9.17) is 0 Å². The van der Waals surface area contributed by atoms with E-state index in [1.807, 2.05) is 47.4 Å². The van der Waals surface area contributed by atoms with Gasteiger partial charge in [0.1, 0.15) is 0 Å². The summed E-state index contributed by atoms with van der Waals surface area (Å²) in [6.07, 6.45) is 3.40. The van der Waals surface area contributed by atoms with Crippen molar-refractivity contribution < 1.29 is 4.79 Å². The number of amides is 1. The van der Waals surface area contributed by atoms with Crippen LogP contribution < -0.4 is 0 Å². The summed E-state index contributed by atoms with van der Waals surface area (Å²) in [5.41, 5.74) is 3.83. The highest BCUT2D eigenvalue weighted by molar-refractivity contribution is 6.02. The lowest BCUT2D eigenvalue weighted by Crippen LogP contribution is -2.54. The molecule has 1 aliphatic carbocycles. The van der Waals surface area contributed by atoms with Crippen molar-refractivity contribution in [2.24, 2.45) is 0 Å². The van der Waals surface area contributed by atoms with Crippen molar-refractivity contribution in [1.29, 1.82) is 0 Å². The van der Waals surface area contributed by atoms with Crippen molar-refractivity contribution >= 4 is 5.91 Å². The third kappa shape index (κ3) is 3.08. The first kappa shape index (κ1) is 15.3. The average Bonchev–Trinajstić information content (AvgIpc) is 2.69. The number of allylic oxidation sites excluding steroid dienone is 1. The molecule has 4 rings (SSSR count). The van der Waals surface area contributed by atoms with E-state index in [-0.39, 0.29) is 11.9 Å². The van der Waals surface area contributed by atoms with Gasteiger partial charge in [0.25, 0.3) is 5.91 Å². The number of β-lactam (4-membered cyclic amide) rings is 1. The molecule has 2 nitrogen and oxygen atoms in total. The number of carbonyl (C=O) groups is 1. The molecule has 0 N–H and O–H groups in total. The number of fused-ring (bicyclic) bond motifs is 2. The van der Waals surface area contributed by atoms with Crippen molar-refractivity contribution in [2.75, 3.05) is 0 Å². The lowest BCUT2D eigenvalue weighted by atomic mass is 9.89. The minimum absolute atomic E-state index is 0.0867. The lowest BCUT2D eigenvalue weighted by molar-refractivity contribution is -0.138. The summed E-state index contributed by atoms with van der Waals surface area (Å²) >= 11 is 0. The van der Waals surface area contributed by atoms with Crippen molar-refractivity contribution in [3.05, 3.63) is 82.9 Å². The third-order valence-electron chi connectivity index (χ3n) is 4.57. The number of rotatable bonds is 2. The molecule has 1 atom stereocenters. The van der Waals surface area contributed by atoms with Gasteiger partial charge in [-0.1, -0.05) is 66.1 Å². The quantitative estimate of drug-likeness (QED) is 0.612. The maximum atomic E-state index is 12.5. The van der Waals surface area contributed by atoms with E-state index >= 15 is 0 Å². The van der Waals surface area contributed by atoms with Crippen LogP contribution in [0.2, 0.25) is 0 Å². The standard InChI is InChI=1S/C23H17NO/c25-23-21-15-8-14-20-12-5-4-11-19(20)13-6-7-16-22(21)24(23)17-18-9-2-1-3-10-18/h1-5,9-12,15,22H,7,16-17H2/t22-/m0/s1. The highest BCUT2D eigenvalue weighted by Crippen LogP contribution is 2.31. The molecule has 0 bridgehead atoms. The van der Waals surface area contributed by atoms with Crippen LogP contribution in [0, 0.1) is 23.7 Å². The second kappa shape index (κ2) is 6.71. The molecule has 2 aromatic carbocycles. The molecule has 2 aromatic rings. The first-order valence-corrected chi connectivity index (χ1v) is 8.47. The highest BCUT2D eigenvalue weighted by atomic mass is 16.2. The van der Waals surface area contributed by atoms with Gasteiger partial charge < -0.3 is 4.90 Å². The summed E-state index contributed by atoms with van der Waals surface area (Å²) < 4.78 is 0. The van der Waals surface area contributed by atoms with Gasteiger partial charge in [0.05, 0.1) is 6.04 Å². The summed E-state index contributed by atoms with van der Waals surface area (Å²) in [7, 11) is 0. The fourth-order valence-electron chi connectivity index (χ4n) is 3.24. The normalized spacial score (nSPS) is 18.1. The second-order valence-electron chi connectivity index (χ2n) is 6.19. The number of hydrogen-bond acceptors (Lipinski definition) is 1. The molecule has 120 valence electrons. The zero-order valence-corrected chi connectivity index (χ0v) is 13.8. The van der Waals surface area contributed by atoms with Gasteiger partial charge in [-0.3, -0.25) is 4.79 Å². The number of benzene rings is 2. The van der Waals surface area contributed by atoms with E-state index in [0.29, 0.717) is 6.54 Å². The SMILES string of the molecule is O=C1C2=CC#Cc3ccccc3C#CCC[C@@H]2N1Cc1ccccc1. The van der Waals surface area contributed by atoms with Crippen molar-refractivity contribution in [3.63, 3.8) is 0 Å². The second-order valence-corrected chi connectivity index (χ2v) is 6.19. The minimum Gasteiger partial charge on any atom is -0.327 e. The molecule has 0 unspecified atom stereocenters. The maximum absolute atomic E-state index is 12.5. The van der Waals surface area contributed by atoms with Crippen molar-refractivity contribution in [3.8, 4) is 23.7 Å². The van der Waals surface area contributed by atoms with Gasteiger partial charge >= 0.3 is 0 Å². The van der Waals surface area contributed by atoms with Gasteiger partial charge in [0, 0.05) is 29.7 Å². The molecule has 0 spiro atoms. The molecule has 1 heterocycles. The number of carbonyl (C=O) groups excluding carboxylic acids is 1. The smallest absolute Gasteiger partial charge is 0.253 e. The Morgan fingerprint density at radius 3 is 2.48 bits per heavy atom. The van der Waals surface area contributed by atoms with Crippen LogP contribution in [0.5, 0.6) is 0 Å². The third-order valence-corrected chi connectivity index (χ3v) is 4.57. The summed E-state index contributed by atoms with van der Waals surface area (Å²) in [6, 6.07) is 18.1. The molecule has 0 radical (unpaired) electrons. The molecule has 25 heavy (non-hydrogen) atoms. The first-order valence-electron chi connectivity index (χ1n) is 8.47. The number of nitrogens with zero attached hydrogens (tertiary/aromatic N) is 1. The molecule has 2 heteroatoms. The molecule has 1 fully saturated rings. The molecule has 1 saturated heterocycles. The highest BCUT2D eigenvalue weighted by Gasteiger charge is 2.40. The van der Waals surface area contributed by atoms with E-state index < -0.39 is 0 Å². The number of likely N-dealkylation sites (tertiary alicyclic amines) is 1. The van der Waals surface area contributed by atoms with Gasteiger partial charge in [-0.2, -0.15) is 0 Å². The van der Waals surface area contributed by atoms with Crippen LogP contribution in [0.3, 0.4) is 0 Å². The van der Waals surface area contributed by atoms with Crippen LogP contribution >= 0.6 is 0 Å². The van der Waals surface area contributed by atoms with E-state index in [9.17, 15) is 4.79 Å². The van der Waals surface area contributed by atoms with Gasteiger partial charge in [0.2, 0.25) is 0 Å². The fraction of sp³-hybridized carbons (Fsp3) is 0.174. The largest absolute Gasteiger partial charge is 0.327 e. The average molecular weight is 323 g/mol. The Morgan fingerprint density at radius 1 is 0.960 bits per heavy atom. The van der Waals surface area contributed by atoms with E-state index in [0.717, 1.165) is 35.1 Å². The maximum Gasteiger partial charge on any atom is 0.253 e. The van der Waals surface area contributed by atoms with E-state index in [1.54, 1.807) is 6.08 Å².